The Morgan fingerprint density at radius 2 is 1.91 bits per heavy atom. The number of amides is 3. The van der Waals surface area contributed by atoms with Crippen LogP contribution in [0.15, 0.2) is 42.2 Å². The molecule has 1 aromatic carbocycles. The van der Waals surface area contributed by atoms with E-state index in [9.17, 15) is 14.4 Å². The summed E-state index contributed by atoms with van der Waals surface area (Å²) in [6.45, 7) is 6.87. The van der Waals surface area contributed by atoms with Gasteiger partial charge in [0, 0.05) is 25.0 Å². The summed E-state index contributed by atoms with van der Waals surface area (Å²) in [5.74, 6) is -0.579. The fraction of sp³-hybridized carbons (Fsp3) is 0.542. The van der Waals surface area contributed by atoms with Crippen LogP contribution in [0.2, 0.25) is 0 Å². The molecule has 8 nitrogen and oxygen atoms in total. The van der Waals surface area contributed by atoms with Gasteiger partial charge in [-0.05, 0) is 37.3 Å². The normalized spacial score (nSPS) is 16.2. The average molecular weight is 444 g/mol. The zero-order valence-electron chi connectivity index (χ0n) is 19.7. The van der Waals surface area contributed by atoms with Gasteiger partial charge in [0.15, 0.2) is 0 Å². The summed E-state index contributed by atoms with van der Waals surface area (Å²) < 4.78 is 0. The van der Waals surface area contributed by atoms with Crippen molar-refractivity contribution in [1.82, 2.24) is 20.4 Å². The Morgan fingerprint density at radius 1 is 1.22 bits per heavy atom. The summed E-state index contributed by atoms with van der Waals surface area (Å²) in [6.07, 6.45) is 3.95. The lowest BCUT2D eigenvalue weighted by atomic mass is 9.85. The van der Waals surface area contributed by atoms with Crippen molar-refractivity contribution in [2.45, 2.75) is 46.1 Å². The van der Waals surface area contributed by atoms with Crippen LogP contribution in [0.4, 0.5) is 0 Å². The number of hydrogen-bond donors (Lipinski definition) is 3. The number of nitrogens with zero attached hydrogens (tertiary/aromatic N) is 2. The Kier molecular flexibility index (Phi) is 9.41. The molecule has 1 aliphatic rings. The summed E-state index contributed by atoms with van der Waals surface area (Å²) in [5.41, 5.74) is 7.09. The topological polar surface area (TPSA) is 108 Å². The molecule has 8 heteroatoms. The first kappa shape index (κ1) is 25.5. The van der Waals surface area contributed by atoms with Gasteiger partial charge < -0.3 is 26.2 Å². The molecule has 0 bridgehead atoms. The smallest absolute Gasteiger partial charge is 0.249 e. The number of nitrogens with one attached hydrogen (secondary N) is 2. The highest BCUT2D eigenvalue weighted by Gasteiger charge is 2.38. The second-order valence-corrected chi connectivity index (χ2v) is 9.14. The van der Waals surface area contributed by atoms with Crippen LogP contribution >= 0.6 is 0 Å². The van der Waals surface area contributed by atoms with Crippen molar-refractivity contribution >= 4 is 17.7 Å². The number of rotatable bonds is 9. The number of hydrogen-bond acceptors (Lipinski definition) is 5. The van der Waals surface area contributed by atoms with Gasteiger partial charge in [-0.2, -0.15) is 0 Å². The minimum absolute atomic E-state index is 0.1000. The van der Waals surface area contributed by atoms with E-state index in [1.165, 1.54) is 0 Å². The second kappa shape index (κ2) is 11.8. The van der Waals surface area contributed by atoms with Crippen LogP contribution in [0.25, 0.3) is 0 Å². The van der Waals surface area contributed by atoms with Gasteiger partial charge in [-0.25, -0.2) is 0 Å². The Morgan fingerprint density at radius 3 is 2.50 bits per heavy atom. The highest BCUT2D eigenvalue weighted by molar-refractivity contribution is 5.90. The third-order valence-corrected chi connectivity index (χ3v) is 5.47. The predicted molar refractivity (Wildman–Crippen MR) is 125 cm³/mol. The van der Waals surface area contributed by atoms with Crippen molar-refractivity contribution in [3.63, 3.8) is 0 Å². The zero-order valence-corrected chi connectivity index (χ0v) is 19.7. The summed E-state index contributed by atoms with van der Waals surface area (Å²) in [5, 5.41) is 5.68. The SMILES string of the molecule is CNCC(=O)N[C@H](C(=O)N1CCC/C1=C\N(CCc1ccccc1)C(=O)CN)C(C)(C)C. The van der Waals surface area contributed by atoms with E-state index in [-0.39, 0.29) is 30.8 Å². The zero-order chi connectivity index (χ0) is 23.7. The summed E-state index contributed by atoms with van der Waals surface area (Å²) in [6, 6.07) is 9.26. The molecule has 0 radical (unpaired) electrons. The maximum atomic E-state index is 13.5. The fourth-order valence-corrected chi connectivity index (χ4v) is 3.71. The lowest BCUT2D eigenvalue weighted by Gasteiger charge is -2.34. The molecule has 0 saturated carbocycles. The van der Waals surface area contributed by atoms with E-state index >= 15 is 0 Å². The Labute approximate surface area is 191 Å². The highest BCUT2D eigenvalue weighted by atomic mass is 16.2. The monoisotopic (exact) mass is 443 g/mol. The molecular weight excluding hydrogens is 406 g/mol. The first-order chi connectivity index (χ1) is 15.2. The van der Waals surface area contributed by atoms with Crippen LogP contribution in [0.3, 0.4) is 0 Å². The number of allylic oxidation sites excluding steroid dienone is 1. The van der Waals surface area contributed by atoms with Crippen molar-refractivity contribution in [2.75, 3.05) is 33.2 Å². The molecule has 1 heterocycles. The first-order valence-electron chi connectivity index (χ1n) is 11.2. The molecule has 1 fully saturated rings. The number of carbonyl (C=O) groups is 3. The lowest BCUT2D eigenvalue weighted by Crippen LogP contribution is -2.55. The van der Waals surface area contributed by atoms with Crippen LogP contribution in [-0.2, 0) is 20.8 Å². The number of likely N-dealkylation sites (tertiary alicyclic amines) is 1. The van der Waals surface area contributed by atoms with E-state index in [4.69, 9.17) is 5.73 Å². The van der Waals surface area contributed by atoms with Gasteiger partial charge in [0.2, 0.25) is 17.7 Å². The van der Waals surface area contributed by atoms with Crippen molar-refractivity contribution in [1.29, 1.82) is 0 Å². The number of nitrogens with two attached hydrogens (primary N) is 1. The number of benzene rings is 1. The molecule has 1 aromatic rings. The Balaban J connectivity index is 2.22. The molecule has 0 spiro atoms. The third kappa shape index (κ3) is 7.17. The average Bonchev–Trinajstić information content (AvgIpc) is 3.22. The first-order valence-corrected chi connectivity index (χ1v) is 11.2. The number of carbonyl (C=O) groups excluding carboxylic acids is 3. The van der Waals surface area contributed by atoms with E-state index in [0.29, 0.717) is 25.9 Å². The van der Waals surface area contributed by atoms with E-state index in [2.05, 4.69) is 10.6 Å². The molecule has 1 saturated heterocycles. The van der Waals surface area contributed by atoms with Crippen molar-refractivity contribution in [3.05, 3.63) is 47.8 Å². The summed E-state index contributed by atoms with van der Waals surface area (Å²) in [4.78, 5) is 41.5. The van der Waals surface area contributed by atoms with E-state index in [1.54, 1.807) is 23.0 Å². The van der Waals surface area contributed by atoms with Crippen LogP contribution in [-0.4, -0.2) is 66.8 Å². The maximum Gasteiger partial charge on any atom is 0.249 e. The fourth-order valence-electron chi connectivity index (χ4n) is 3.71. The standard InChI is InChI=1S/C24H37N5O3/c1-24(2,3)22(27-20(30)16-26-4)23(32)29-13-8-11-19(29)17-28(21(31)15-25)14-12-18-9-6-5-7-10-18/h5-7,9-10,17,22,26H,8,11-16,25H2,1-4H3,(H,27,30)/b19-17+/t22-/m1/s1. The minimum Gasteiger partial charge on any atom is -0.343 e. The predicted octanol–water partition coefficient (Wildman–Crippen LogP) is 1.23. The van der Waals surface area contributed by atoms with Gasteiger partial charge in [0.05, 0.1) is 13.1 Å². The van der Waals surface area contributed by atoms with Crippen LogP contribution in [0.1, 0.15) is 39.2 Å². The van der Waals surface area contributed by atoms with Gasteiger partial charge in [-0.15, -0.1) is 0 Å². The summed E-state index contributed by atoms with van der Waals surface area (Å²) >= 11 is 0. The minimum atomic E-state index is -0.673. The molecule has 0 aliphatic carbocycles. The molecule has 176 valence electrons. The lowest BCUT2D eigenvalue weighted by molar-refractivity contribution is -0.137. The second-order valence-electron chi connectivity index (χ2n) is 9.14. The van der Waals surface area contributed by atoms with Crippen LogP contribution in [0, 0.1) is 5.41 Å². The van der Waals surface area contributed by atoms with Gasteiger partial charge in [0.25, 0.3) is 0 Å². The van der Waals surface area contributed by atoms with Gasteiger partial charge in [0.1, 0.15) is 6.04 Å². The van der Waals surface area contributed by atoms with Crippen LogP contribution < -0.4 is 16.4 Å². The largest absolute Gasteiger partial charge is 0.343 e. The van der Waals surface area contributed by atoms with E-state index in [1.807, 2.05) is 51.1 Å². The quantitative estimate of drug-likeness (QED) is 0.532. The van der Waals surface area contributed by atoms with Crippen LogP contribution in [0.5, 0.6) is 0 Å². The number of likely N-dealkylation sites (N-methyl/N-ethyl adjacent to an activating group) is 1. The molecule has 32 heavy (non-hydrogen) atoms. The molecule has 0 unspecified atom stereocenters. The maximum absolute atomic E-state index is 13.5. The molecular formula is C24H37N5O3. The molecule has 1 aliphatic heterocycles. The van der Waals surface area contributed by atoms with Crippen molar-refractivity contribution < 1.29 is 14.4 Å². The summed E-state index contributed by atoms with van der Waals surface area (Å²) in [7, 11) is 1.69. The van der Waals surface area contributed by atoms with E-state index < -0.39 is 11.5 Å². The van der Waals surface area contributed by atoms with E-state index in [0.717, 1.165) is 17.7 Å². The molecule has 4 N–H and O–H groups in total. The van der Waals surface area contributed by atoms with Crippen molar-refractivity contribution in [3.8, 4) is 0 Å². The van der Waals surface area contributed by atoms with Gasteiger partial charge in [-0.1, -0.05) is 51.1 Å². The highest BCUT2D eigenvalue weighted by Crippen LogP contribution is 2.28. The Bertz CT molecular complexity index is 817. The molecule has 2 rings (SSSR count). The Hall–Kier alpha value is -2.71. The van der Waals surface area contributed by atoms with Crippen molar-refractivity contribution in [2.24, 2.45) is 11.1 Å². The van der Waals surface area contributed by atoms with Gasteiger partial charge in [-0.3, -0.25) is 14.4 Å². The molecule has 3 amide bonds. The molecule has 0 aromatic heterocycles. The third-order valence-electron chi connectivity index (χ3n) is 5.47. The van der Waals surface area contributed by atoms with Gasteiger partial charge >= 0.3 is 0 Å². The molecule has 1 atom stereocenters.